The summed E-state index contributed by atoms with van der Waals surface area (Å²) in [4.78, 5) is 0. The summed E-state index contributed by atoms with van der Waals surface area (Å²) in [6.45, 7) is 4.49. The van der Waals surface area contributed by atoms with E-state index in [4.69, 9.17) is 5.73 Å². The number of rotatable bonds is 2. The van der Waals surface area contributed by atoms with Gasteiger partial charge in [-0.2, -0.15) is 0 Å². The van der Waals surface area contributed by atoms with Crippen molar-refractivity contribution in [2.24, 2.45) is 11.7 Å². The fourth-order valence-corrected chi connectivity index (χ4v) is 2.90. The molecular formula is C16H25N. The number of nitrogens with two attached hydrogens (primary N) is 1. The Labute approximate surface area is 105 Å². The molecule has 1 saturated carbocycles. The molecule has 0 spiro atoms. The van der Waals surface area contributed by atoms with E-state index in [1.807, 2.05) is 0 Å². The molecule has 0 aromatic heterocycles. The summed E-state index contributed by atoms with van der Waals surface area (Å²) in [7, 11) is 0. The normalized spacial score (nSPS) is 29.9. The van der Waals surface area contributed by atoms with E-state index in [0.717, 1.165) is 12.3 Å². The maximum absolute atomic E-state index is 6.59. The van der Waals surface area contributed by atoms with Crippen LogP contribution in [0.15, 0.2) is 24.3 Å². The zero-order valence-electron chi connectivity index (χ0n) is 11.2. The smallest absolute Gasteiger partial charge is 0.0195 e. The minimum absolute atomic E-state index is 0.0417. The molecule has 2 rings (SSSR count). The van der Waals surface area contributed by atoms with E-state index >= 15 is 0 Å². The van der Waals surface area contributed by atoms with Crippen molar-refractivity contribution in [3.05, 3.63) is 35.4 Å². The van der Waals surface area contributed by atoms with Gasteiger partial charge in [0.15, 0.2) is 0 Å². The van der Waals surface area contributed by atoms with Crippen LogP contribution in [-0.2, 0) is 6.42 Å². The van der Waals surface area contributed by atoms with Crippen molar-refractivity contribution in [1.29, 1.82) is 0 Å². The molecule has 0 aliphatic heterocycles. The van der Waals surface area contributed by atoms with E-state index in [1.54, 1.807) is 0 Å². The molecule has 2 unspecified atom stereocenters. The summed E-state index contributed by atoms with van der Waals surface area (Å²) in [5.74, 6) is 0.860. The Kier molecular flexibility index (Phi) is 3.88. The molecule has 0 heterocycles. The molecule has 1 aromatic carbocycles. The van der Waals surface area contributed by atoms with E-state index in [2.05, 4.69) is 38.1 Å². The summed E-state index contributed by atoms with van der Waals surface area (Å²) in [6.07, 6.45) is 7.35. The van der Waals surface area contributed by atoms with Crippen LogP contribution in [-0.4, -0.2) is 5.54 Å². The third-order valence-electron chi connectivity index (χ3n) is 4.18. The van der Waals surface area contributed by atoms with Crippen molar-refractivity contribution in [2.75, 3.05) is 0 Å². The molecule has 0 amide bonds. The Morgan fingerprint density at radius 3 is 2.59 bits per heavy atom. The fourth-order valence-electron chi connectivity index (χ4n) is 2.90. The summed E-state index contributed by atoms with van der Waals surface area (Å²) < 4.78 is 0. The molecule has 0 bridgehead atoms. The average molecular weight is 231 g/mol. The molecule has 2 atom stereocenters. The van der Waals surface area contributed by atoms with Crippen LogP contribution in [0.3, 0.4) is 0 Å². The molecule has 1 fully saturated rings. The van der Waals surface area contributed by atoms with Gasteiger partial charge in [0.25, 0.3) is 0 Å². The van der Waals surface area contributed by atoms with Gasteiger partial charge in [-0.1, -0.05) is 49.6 Å². The first-order chi connectivity index (χ1) is 8.07. The van der Waals surface area contributed by atoms with Crippen LogP contribution in [0.1, 0.15) is 50.2 Å². The summed E-state index contributed by atoms with van der Waals surface area (Å²) in [5.41, 5.74) is 9.36. The second-order valence-electron chi connectivity index (χ2n) is 6.06. The van der Waals surface area contributed by atoms with Crippen LogP contribution in [0.25, 0.3) is 0 Å². The van der Waals surface area contributed by atoms with Crippen LogP contribution in [0.5, 0.6) is 0 Å². The first-order valence-corrected chi connectivity index (χ1v) is 6.92. The van der Waals surface area contributed by atoms with Crippen molar-refractivity contribution in [2.45, 2.75) is 57.9 Å². The van der Waals surface area contributed by atoms with Gasteiger partial charge in [-0.15, -0.1) is 0 Å². The summed E-state index contributed by atoms with van der Waals surface area (Å²) in [6, 6.07) is 8.85. The average Bonchev–Trinajstić information content (AvgIpc) is 2.45. The van der Waals surface area contributed by atoms with E-state index in [1.165, 1.54) is 43.2 Å². The SMILES string of the molecule is Cc1ccc(CC2(N)CCCC(C)CC2)cc1. The maximum atomic E-state index is 6.59. The van der Waals surface area contributed by atoms with Crippen molar-refractivity contribution >= 4 is 0 Å². The number of aryl methyl sites for hydroxylation is 1. The number of hydrogen-bond acceptors (Lipinski definition) is 1. The zero-order valence-corrected chi connectivity index (χ0v) is 11.2. The largest absolute Gasteiger partial charge is 0.325 e. The van der Waals surface area contributed by atoms with Crippen LogP contribution < -0.4 is 5.73 Å². The van der Waals surface area contributed by atoms with E-state index in [-0.39, 0.29) is 5.54 Å². The molecule has 2 N–H and O–H groups in total. The summed E-state index contributed by atoms with van der Waals surface area (Å²) >= 11 is 0. The molecule has 1 aromatic rings. The highest BCUT2D eigenvalue weighted by Crippen LogP contribution is 2.31. The summed E-state index contributed by atoms with van der Waals surface area (Å²) in [5, 5.41) is 0. The first-order valence-electron chi connectivity index (χ1n) is 6.92. The van der Waals surface area contributed by atoms with E-state index < -0.39 is 0 Å². The lowest BCUT2D eigenvalue weighted by Crippen LogP contribution is -2.41. The molecule has 17 heavy (non-hydrogen) atoms. The lowest BCUT2D eigenvalue weighted by atomic mass is 9.84. The Bertz CT molecular complexity index is 354. The maximum Gasteiger partial charge on any atom is 0.0195 e. The Hall–Kier alpha value is -0.820. The monoisotopic (exact) mass is 231 g/mol. The van der Waals surface area contributed by atoms with E-state index in [0.29, 0.717) is 0 Å². The lowest BCUT2D eigenvalue weighted by molar-refractivity contribution is 0.363. The van der Waals surface area contributed by atoms with Gasteiger partial charge in [-0.05, 0) is 44.1 Å². The number of benzene rings is 1. The molecule has 1 aliphatic rings. The van der Waals surface area contributed by atoms with Crippen LogP contribution in [0, 0.1) is 12.8 Å². The first kappa shape index (κ1) is 12.6. The van der Waals surface area contributed by atoms with Gasteiger partial charge >= 0.3 is 0 Å². The minimum Gasteiger partial charge on any atom is -0.325 e. The lowest BCUT2D eigenvalue weighted by Gasteiger charge is -2.28. The highest BCUT2D eigenvalue weighted by atomic mass is 14.7. The van der Waals surface area contributed by atoms with Gasteiger partial charge in [0.1, 0.15) is 0 Å². The predicted octanol–water partition coefficient (Wildman–Crippen LogP) is 3.84. The minimum atomic E-state index is 0.0417. The Balaban J connectivity index is 2.03. The van der Waals surface area contributed by atoms with Gasteiger partial charge in [0.05, 0.1) is 0 Å². The fraction of sp³-hybridized carbons (Fsp3) is 0.625. The molecule has 94 valence electrons. The van der Waals surface area contributed by atoms with Crippen LogP contribution >= 0.6 is 0 Å². The Morgan fingerprint density at radius 1 is 1.18 bits per heavy atom. The molecule has 0 radical (unpaired) electrons. The molecular weight excluding hydrogens is 206 g/mol. The molecule has 1 aliphatic carbocycles. The third-order valence-corrected chi connectivity index (χ3v) is 4.18. The topological polar surface area (TPSA) is 26.0 Å². The van der Waals surface area contributed by atoms with Crippen molar-refractivity contribution in [3.8, 4) is 0 Å². The van der Waals surface area contributed by atoms with Crippen molar-refractivity contribution in [1.82, 2.24) is 0 Å². The van der Waals surface area contributed by atoms with Crippen molar-refractivity contribution < 1.29 is 0 Å². The molecule has 1 nitrogen and oxygen atoms in total. The molecule has 0 saturated heterocycles. The van der Waals surface area contributed by atoms with Gasteiger partial charge in [-0.25, -0.2) is 0 Å². The van der Waals surface area contributed by atoms with Crippen molar-refractivity contribution in [3.63, 3.8) is 0 Å². The predicted molar refractivity (Wildman–Crippen MR) is 74.1 cm³/mol. The van der Waals surface area contributed by atoms with E-state index in [9.17, 15) is 0 Å². The van der Waals surface area contributed by atoms with Gasteiger partial charge < -0.3 is 5.73 Å². The highest BCUT2D eigenvalue weighted by Gasteiger charge is 2.28. The highest BCUT2D eigenvalue weighted by molar-refractivity contribution is 5.23. The van der Waals surface area contributed by atoms with Gasteiger partial charge in [-0.3, -0.25) is 0 Å². The van der Waals surface area contributed by atoms with Crippen LogP contribution in [0.2, 0.25) is 0 Å². The quantitative estimate of drug-likeness (QED) is 0.769. The zero-order chi connectivity index (χ0) is 12.3. The van der Waals surface area contributed by atoms with Crippen LogP contribution in [0.4, 0.5) is 0 Å². The Morgan fingerprint density at radius 2 is 1.88 bits per heavy atom. The molecule has 1 heteroatoms. The second kappa shape index (κ2) is 5.22. The standard InChI is InChI=1S/C16H25N/c1-13-4-3-10-16(17,11-9-13)12-15-7-5-14(2)6-8-15/h5-8,13H,3-4,9-12,17H2,1-2H3. The second-order valence-corrected chi connectivity index (χ2v) is 6.06. The third kappa shape index (κ3) is 3.57. The van der Waals surface area contributed by atoms with Gasteiger partial charge in [0.2, 0.25) is 0 Å². The van der Waals surface area contributed by atoms with Gasteiger partial charge in [0, 0.05) is 5.54 Å². The number of hydrogen-bond donors (Lipinski definition) is 1.